The summed E-state index contributed by atoms with van der Waals surface area (Å²) in [6.45, 7) is 15.4. The predicted molar refractivity (Wildman–Crippen MR) is 130 cm³/mol. The number of carbonyl (C=O) groups is 3. The fraction of sp³-hybridized carbons (Fsp3) is 0.708. The van der Waals surface area contributed by atoms with Gasteiger partial charge in [0.25, 0.3) is 0 Å². The van der Waals surface area contributed by atoms with Crippen molar-refractivity contribution in [1.29, 1.82) is 0 Å². The molecule has 196 valence electrons. The minimum absolute atomic E-state index is 0.158. The van der Waals surface area contributed by atoms with Gasteiger partial charge in [-0.25, -0.2) is 19.6 Å². The Hall–Kier alpha value is -2.95. The molecule has 1 aliphatic heterocycles. The number of hydrogen-bond acceptors (Lipinski definition) is 10. The maximum Gasteiger partial charge on any atom is 0.410 e. The van der Waals surface area contributed by atoms with Gasteiger partial charge in [-0.3, -0.25) is 9.69 Å². The quantitative estimate of drug-likeness (QED) is 0.355. The van der Waals surface area contributed by atoms with Gasteiger partial charge in [0.05, 0.1) is 19.6 Å². The van der Waals surface area contributed by atoms with E-state index in [9.17, 15) is 14.4 Å². The third kappa shape index (κ3) is 9.31. The highest BCUT2D eigenvalue weighted by Crippen LogP contribution is 2.20. The van der Waals surface area contributed by atoms with Crippen molar-refractivity contribution >= 4 is 23.8 Å². The first-order valence-electron chi connectivity index (χ1n) is 12.2. The number of nitrogens with zero attached hydrogens (tertiary/aromatic N) is 5. The van der Waals surface area contributed by atoms with Crippen LogP contribution in [0.2, 0.25) is 0 Å². The van der Waals surface area contributed by atoms with E-state index in [1.165, 1.54) is 6.20 Å². The molecule has 0 saturated carbocycles. The Morgan fingerprint density at radius 3 is 2.29 bits per heavy atom. The van der Waals surface area contributed by atoms with Crippen LogP contribution < -0.4 is 4.90 Å². The molecule has 0 atom stereocenters. The summed E-state index contributed by atoms with van der Waals surface area (Å²) >= 11 is 0. The smallest absolute Gasteiger partial charge is 0.410 e. The largest absolute Gasteiger partial charge is 0.466 e. The van der Waals surface area contributed by atoms with Crippen LogP contribution in [-0.2, 0) is 19.0 Å². The van der Waals surface area contributed by atoms with Crippen LogP contribution in [0.25, 0.3) is 0 Å². The predicted octanol–water partition coefficient (Wildman–Crippen LogP) is 2.27. The zero-order chi connectivity index (χ0) is 26.0. The molecular formula is C24H39N5O6. The van der Waals surface area contributed by atoms with Crippen molar-refractivity contribution in [3.8, 4) is 0 Å². The number of rotatable bonds is 10. The highest BCUT2D eigenvalue weighted by atomic mass is 16.6. The molecule has 0 unspecified atom stereocenters. The fourth-order valence-corrected chi connectivity index (χ4v) is 3.58. The van der Waals surface area contributed by atoms with E-state index >= 15 is 0 Å². The molecule has 35 heavy (non-hydrogen) atoms. The molecule has 0 radical (unpaired) electrons. The second-order valence-corrected chi connectivity index (χ2v) is 9.23. The standard InChI is InChI=1S/C24H39N5O6/c1-7-33-20(30)9-10-28(21-19(22(31)34-8-2)17-25-18(3)26-21)14-11-27-12-15-29(16-13-27)23(32)35-24(4,5)6/h17H,7-16H2,1-6H3. The number of anilines is 1. The summed E-state index contributed by atoms with van der Waals surface area (Å²) in [4.78, 5) is 51.4. The summed E-state index contributed by atoms with van der Waals surface area (Å²) in [6.07, 6.45) is 1.32. The minimum Gasteiger partial charge on any atom is -0.466 e. The summed E-state index contributed by atoms with van der Waals surface area (Å²) in [7, 11) is 0. The third-order valence-corrected chi connectivity index (χ3v) is 5.29. The van der Waals surface area contributed by atoms with E-state index in [1.54, 1.807) is 25.7 Å². The first kappa shape index (κ1) is 28.3. The molecule has 2 rings (SSSR count). The van der Waals surface area contributed by atoms with Crippen molar-refractivity contribution in [2.45, 2.75) is 53.6 Å². The summed E-state index contributed by atoms with van der Waals surface area (Å²) in [5, 5.41) is 0. The second-order valence-electron chi connectivity index (χ2n) is 9.23. The molecule has 1 aromatic heterocycles. The topological polar surface area (TPSA) is 114 Å². The molecule has 1 fully saturated rings. The SMILES string of the molecule is CCOC(=O)CCN(CCN1CCN(C(=O)OC(C)(C)C)CC1)c1nc(C)ncc1C(=O)OCC. The van der Waals surface area contributed by atoms with Crippen LogP contribution in [0.3, 0.4) is 0 Å². The van der Waals surface area contributed by atoms with E-state index in [4.69, 9.17) is 14.2 Å². The first-order chi connectivity index (χ1) is 16.5. The Kier molecular flexibility index (Phi) is 10.7. The normalized spacial score (nSPS) is 14.4. The van der Waals surface area contributed by atoms with E-state index in [-0.39, 0.29) is 30.7 Å². The summed E-state index contributed by atoms with van der Waals surface area (Å²) in [5.74, 6) is 0.134. The van der Waals surface area contributed by atoms with Crippen LogP contribution in [0.4, 0.5) is 10.6 Å². The zero-order valence-corrected chi connectivity index (χ0v) is 21.8. The molecule has 0 N–H and O–H groups in total. The maximum atomic E-state index is 12.5. The van der Waals surface area contributed by atoms with Crippen molar-refractivity contribution in [2.24, 2.45) is 0 Å². The Morgan fingerprint density at radius 2 is 1.69 bits per heavy atom. The lowest BCUT2D eigenvalue weighted by atomic mass is 10.2. The Bertz CT molecular complexity index is 864. The van der Waals surface area contributed by atoms with Crippen LogP contribution >= 0.6 is 0 Å². The monoisotopic (exact) mass is 493 g/mol. The van der Waals surface area contributed by atoms with E-state index < -0.39 is 11.6 Å². The Morgan fingerprint density at radius 1 is 1.03 bits per heavy atom. The molecular weight excluding hydrogens is 454 g/mol. The van der Waals surface area contributed by atoms with Gasteiger partial charge in [-0.05, 0) is 41.5 Å². The van der Waals surface area contributed by atoms with Crippen LogP contribution in [0.15, 0.2) is 6.20 Å². The van der Waals surface area contributed by atoms with Gasteiger partial charge in [-0.15, -0.1) is 0 Å². The Labute approximate surface area is 207 Å². The highest BCUT2D eigenvalue weighted by Gasteiger charge is 2.27. The maximum absolute atomic E-state index is 12.5. The number of ether oxygens (including phenoxy) is 3. The highest BCUT2D eigenvalue weighted by molar-refractivity contribution is 5.94. The number of piperazine rings is 1. The molecule has 0 aliphatic carbocycles. The molecule has 1 amide bonds. The molecule has 11 heteroatoms. The number of esters is 2. The van der Waals surface area contributed by atoms with Crippen LogP contribution in [-0.4, -0.2) is 102 Å². The molecule has 1 aliphatic rings. The van der Waals surface area contributed by atoms with Crippen molar-refractivity contribution in [3.05, 3.63) is 17.6 Å². The van der Waals surface area contributed by atoms with Gasteiger partial charge in [-0.1, -0.05) is 0 Å². The lowest BCUT2D eigenvalue weighted by molar-refractivity contribution is -0.142. The van der Waals surface area contributed by atoms with E-state index in [2.05, 4.69) is 14.9 Å². The van der Waals surface area contributed by atoms with Gasteiger partial charge in [0.1, 0.15) is 22.8 Å². The molecule has 2 heterocycles. The summed E-state index contributed by atoms with van der Waals surface area (Å²) in [6, 6.07) is 0. The number of aromatic nitrogens is 2. The fourth-order valence-electron chi connectivity index (χ4n) is 3.58. The van der Waals surface area contributed by atoms with E-state index in [0.29, 0.717) is 64.1 Å². The molecule has 0 aromatic carbocycles. The van der Waals surface area contributed by atoms with Gasteiger partial charge < -0.3 is 24.0 Å². The summed E-state index contributed by atoms with van der Waals surface area (Å²) < 4.78 is 15.7. The van der Waals surface area contributed by atoms with Gasteiger partial charge in [0.15, 0.2) is 0 Å². The molecule has 0 bridgehead atoms. The molecule has 1 aromatic rings. The Balaban J connectivity index is 2.09. The van der Waals surface area contributed by atoms with Gasteiger partial charge in [0, 0.05) is 52.0 Å². The van der Waals surface area contributed by atoms with E-state index in [0.717, 1.165) is 0 Å². The number of aryl methyl sites for hydroxylation is 1. The number of amides is 1. The van der Waals surface area contributed by atoms with Crippen LogP contribution in [0.1, 0.15) is 57.2 Å². The van der Waals surface area contributed by atoms with Crippen molar-refractivity contribution < 1.29 is 28.6 Å². The average molecular weight is 494 g/mol. The van der Waals surface area contributed by atoms with Crippen molar-refractivity contribution in [1.82, 2.24) is 19.8 Å². The molecule has 1 saturated heterocycles. The number of carbonyl (C=O) groups excluding carboxylic acids is 3. The van der Waals surface area contributed by atoms with Crippen molar-refractivity contribution in [2.75, 3.05) is 63.9 Å². The molecule has 11 nitrogen and oxygen atoms in total. The lowest BCUT2D eigenvalue weighted by Crippen LogP contribution is -2.51. The van der Waals surface area contributed by atoms with Gasteiger partial charge in [0.2, 0.25) is 0 Å². The number of hydrogen-bond donors (Lipinski definition) is 0. The summed E-state index contributed by atoms with van der Waals surface area (Å²) in [5.41, 5.74) is -0.268. The van der Waals surface area contributed by atoms with Gasteiger partial charge >= 0.3 is 18.0 Å². The van der Waals surface area contributed by atoms with E-state index in [1.807, 2.05) is 25.7 Å². The van der Waals surface area contributed by atoms with Gasteiger partial charge in [-0.2, -0.15) is 0 Å². The minimum atomic E-state index is -0.528. The van der Waals surface area contributed by atoms with Crippen molar-refractivity contribution in [3.63, 3.8) is 0 Å². The lowest BCUT2D eigenvalue weighted by Gasteiger charge is -2.36. The van der Waals surface area contributed by atoms with Crippen LogP contribution in [0.5, 0.6) is 0 Å². The van der Waals surface area contributed by atoms with Crippen LogP contribution in [0, 0.1) is 6.92 Å². The zero-order valence-electron chi connectivity index (χ0n) is 21.8. The average Bonchev–Trinajstić information content (AvgIpc) is 2.78. The first-order valence-corrected chi connectivity index (χ1v) is 12.2. The molecule has 0 spiro atoms. The third-order valence-electron chi connectivity index (χ3n) is 5.29. The second kappa shape index (κ2) is 13.2.